The van der Waals surface area contributed by atoms with Crippen LogP contribution in [0.1, 0.15) is 76.2 Å². The molecule has 0 aliphatic carbocycles. The number of amides is 2. The van der Waals surface area contributed by atoms with Gasteiger partial charge in [0.25, 0.3) is 11.8 Å². The van der Waals surface area contributed by atoms with Gasteiger partial charge in [-0.3, -0.25) is 14.5 Å². The van der Waals surface area contributed by atoms with E-state index in [1.807, 2.05) is 23.0 Å². The molecule has 57 heavy (non-hydrogen) atoms. The van der Waals surface area contributed by atoms with Crippen molar-refractivity contribution < 1.29 is 19.1 Å². The van der Waals surface area contributed by atoms with Crippen LogP contribution in [0.5, 0.6) is 5.75 Å². The Hall–Kier alpha value is -5.30. The molecule has 0 saturated carbocycles. The van der Waals surface area contributed by atoms with Gasteiger partial charge >= 0.3 is 0 Å². The lowest BCUT2D eigenvalue weighted by atomic mass is 9.99. The molecule has 2 fully saturated rings. The van der Waals surface area contributed by atoms with E-state index in [0.29, 0.717) is 43.9 Å². The first-order valence-corrected chi connectivity index (χ1v) is 20.4. The number of anilines is 1. The van der Waals surface area contributed by atoms with Gasteiger partial charge in [-0.15, -0.1) is 0 Å². The molecule has 12 heteroatoms. The Morgan fingerprint density at radius 2 is 1.65 bits per heavy atom. The van der Waals surface area contributed by atoms with E-state index >= 15 is 0 Å². The van der Waals surface area contributed by atoms with Crippen molar-refractivity contribution in [1.29, 1.82) is 0 Å². The number of likely N-dealkylation sites (N-methyl/N-ethyl adjacent to an activating group) is 1. The summed E-state index contributed by atoms with van der Waals surface area (Å²) in [5.41, 5.74) is 8.75. The van der Waals surface area contributed by atoms with E-state index in [4.69, 9.17) is 14.5 Å². The van der Waals surface area contributed by atoms with E-state index in [2.05, 4.69) is 82.1 Å². The highest BCUT2D eigenvalue weighted by atomic mass is 16.5. The summed E-state index contributed by atoms with van der Waals surface area (Å²) < 4.78 is 13.3. The highest BCUT2D eigenvalue weighted by molar-refractivity contribution is 6.00. The maximum absolute atomic E-state index is 13.7. The summed E-state index contributed by atoms with van der Waals surface area (Å²) in [6, 6.07) is 21.8. The van der Waals surface area contributed by atoms with E-state index in [9.17, 15) is 9.59 Å². The third kappa shape index (κ3) is 9.64. The van der Waals surface area contributed by atoms with Crippen LogP contribution in [0.15, 0.2) is 72.9 Å². The molecular formula is C45H56N8O4. The fraction of sp³-hybridized carbons (Fsp3) is 0.422. The maximum atomic E-state index is 13.7. The Balaban J connectivity index is 1.02. The predicted molar refractivity (Wildman–Crippen MR) is 225 cm³/mol. The number of carbonyl (C=O) groups is 2. The smallest absolute Gasteiger partial charge is 0.251 e. The number of carbonyl (C=O) groups excluding carboxylic acids is 2. The Labute approximate surface area is 335 Å². The Morgan fingerprint density at radius 3 is 2.40 bits per heavy atom. The van der Waals surface area contributed by atoms with E-state index in [1.54, 1.807) is 31.4 Å². The van der Waals surface area contributed by atoms with E-state index in [0.717, 1.165) is 96.0 Å². The van der Waals surface area contributed by atoms with Crippen LogP contribution in [0.2, 0.25) is 0 Å². The van der Waals surface area contributed by atoms with Gasteiger partial charge in [0, 0.05) is 86.5 Å². The van der Waals surface area contributed by atoms with Gasteiger partial charge in [0.1, 0.15) is 5.75 Å². The van der Waals surface area contributed by atoms with Crippen LogP contribution in [0.25, 0.3) is 22.2 Å². The standard InChI is InChI=1S/C45H56N8O4/c1-5-40-38(42(49-36-16-22-57-23-17-36)39-29-48-53(6-2)43(39)50-40)28-47-45(55)35-13-8-12-34(26-35)44(54)46-27-31-14-15-41(56-4)37(25-31)33-11-7-10-32(24-33)30-52-19-9-18-51(3)20-21-52/h7-8,10-15,24-26,29,36H,5-6,9,16-23,27-28,30H2,1-4H3,(H,46,54)(H,47,55)(H,49,50). The van der Waals surface area contributed by atoms with Crippen LogP contribution >= 0.6 is 0 Å². The van der Waals surface area contributed by atoms with Crippen LogP contribution in [0, 0.1) is 0 Å². The topological polar surface area (TPSA) is 126 Å². The molecule has 12 nitrogen and oxygen atoms in total. The lowest BCUT2D eigenvalue weighted by Gasteiger charge is -2.26. The summed E-state index contributed by atoms with van der Waals surface area (Å²) in [7, 11) is 3.88. The first kappa shape index (κ1) is 39.9. The number of fused-ring (bicyclic) bond motifs is 1. The maximum Gasteiger partial charge on any atom is 0.251 e. The predicted octanol–water partition coefficient (Wildman–Crippen LogP) is 6.28. The molecule has 2 aliphatic rings. The van der Waals surface area contributed by atoms with Gasteiger partial charge in [0.15, 0.2) is 5.65 Å². The zero-order chi connectivity index (χ0) is 39.7. The van der Waals surface area contributed by atoms with Crippen molar-refractivity contribution in [3.8, 4) is 16.9 Å². The molecule has 0 spiro atoms. The number of benzene rings is 3. The number of rotatable bonds is 14. The molecule has 0 unspecified atom stereocenters. The van der Waals surface area contributed by atoms with E-state index in [1.165, 1.54) is 12.0 Å². The number of aromatic nitrogens is 3. The van der Waals surface area contributed by atoms with Crippen molar-refractivity contribution in [2.45, 2.75) is 71.8 Å². The fourth-order valence-corrected chi connectivity index (χ4v) is 7.90. The molecule has 2 aromatic heterocycles. The number of nitrogens with zero attached hydrogens (tertiary/aromatic N) is 5. The van der Waals surface area contributed by atoms with Crippen LogP contribution in [-0.4, -0.2) is 96.0 Å². The summed E-state index contributed by atoms with van der Waals surface area (Å²) >= 11 is 0. The Bertz CT molecular complexity index is 2180. The van der Waals surface area contributed by atoms with Gasteiger partial charge in [-0.05, 0) is 106 Å². The van der Waals surface area contributed by atoms with Gasteiger partial charge in [0.2, 0.25) is 0 Å². The SMILES string of the molecule is CCc1nc2c(cnn2CC)c(NC2CCOCC2)c1CNC(=O)c1cccc(C(=O)NCc2ccc(OC)c(-c3cccc(CN4CCCN(C)CC4)c3)c2)c1. The van der Waals surface area contributed by atoms with Crippen LogP contribution in [0.4, 0.5) is 5.69 Å². The van der Waals surface area contributed by atoms with Crippen LogP contribution < -0.4 is 20.7 Å². The average molecular weight is 773 g/mol. The third-order valence-corrected chi connectivity index (χ3v) is 11.2. The number of pyridine rings is 1. The fourth-order valence-electron chi connectivity index (χ4n) is 7.90. The first-order valence-electron chi connectivity index (χ1n) is 20.4. The normalized spacial score (nSPS) is 15.6. The summed E-state index contributed by atoms with van der Waals surface area (Å²) in [5, 5.41) is 15.5. The second kappa shape index (κ2) is 18.8. The molecule has 0 bridgehead atoms. The number of nitrogens with one attached hydrogen (secondary N) is 3. The third-order valence-electron chi connectivity index (χ3n) is 11.2. The average Bonchev–Trinajstić information content (AvgIpc) is 3.56. The molecule has 0 radical (unpaired) electrons. The molecular weight excluding hydrogens is 717 g/mol. The van der Waals surface area contributed by atoms with Crippen molar-refractivity contribution in [3.63, 3.8) is 0 Å². The van der Waals surface area contributed by atoms with Gasteiger partial charge in [0.05, 0.1) is 24.4 Å². The monoisotopic (exact) mass is 772 g/mol. The lowest BCUT2D eigenvalue weighted by Crippen LogP contribution is -2.30. The minimum atomic E-state index is -0.265. The molecule has 2 saturated heterocycles. The summed E-state index contributed by atoms with van der Waals surface area (Å²) in [6.07, 6.45) is 5.54. The minimum absolute atomic E-state index is 0.251. The number of hydrogen-bond acceptors (Lipinski definition) is 9. The number of methoxy groups -OCH3 is 1. The Kier molecular flexibility index (Phi) is 13.1. The number of ether oxygens (including phenoxy) is 2. The zero-order valence-corrected chi connectivity index (χ0v) is 33.8. The molecule has 4 heterocycles. The van der Waals surface area contributed by atoms with Crippen molar-refractivity contribution in [2.75, 3.05) is 58.9 Å². The van der Waals surface area contributed by atoms with Crippen molar-refractivity contribution >= 4 is 28.5 Å². The van der Waals surface area contributed by atoms with E-state index in [-0.39, 0.29) is 24.4 Å². The van der Waals surface area contributed by atoms with Gasteiger partial charge < -0.3 is 30.3 Å². The first-order chi connectivity index (χ1) is 27.8. The second-order valence-corrected chi connectivity index (χ2v) is 15.1. The molecule has 300 valence electrons. The quantitative estimate of drug-likeness (QED) is 0.120. The molecule has 3 N–H and O–H groups in total. The lowest BCUT2D eigenvalue weighted by molar-refractivity contribution is 0.0904. The molecule has 2 amide bonds. The molecule has 2 aliphatic heterocycles. The molecule has 0 atom stereocenters. The molecule has 3 aromatic carbocycles. The molecule has 5 aromatic rings. The highest BCUT2D eigenvalue weighted by Gasteiger charge is 2.23. The second-order valence-electron chi connectivity index (χ2n) is 15.1. The Morgan fingerprint density at radius 1 is 0.877 bits per heavy atom. The zero-order valence-electron chi connectivity index (χ0n) is 33.8. The largest absolute Gasteiger partial charge is 0.496 e. The minimum Gasteiger partial charge on any atom is -0.496 e. The highest BCUT2D eigenvalue weighted by Crippen LogP contribution is 2.33. The summed E-state index contributed by atoms with van der Waals surface area (Å²) in [4.78, 5) is 37.1. The number of hydrogen-bond donors (Lipinski definition) is 3. The van der Waals surface area contributed by atoms with Gasteiger partial charge in [-0.1, -0.05) is 37.3 Å². The number of aryl methyl sites for hydroxylation is 2. The van der Waals surface area contributed by atoms with E-state index < -0.39 is 0 Å². The summed E-state index contributed by atoms with van der Waals surface area (Å²) in [5.74, 6) is 0.255. The summed E-state index contributed by atoms with van der Waals surface area (Å²) in [6.45, 7) is 12.1. The van der Waals surface area contributed by atoms with Crippen molar-refractivity contribution in [3.05, 3.63) is 106 Å². The van der Waals surface area contributed by atoms with Crippen molar-refractivity contribution in [2.24, 2.45) is 0 Å². The molecule has 7 rings (SSSR count). The van der Waals surface area contributed by atoms with Crippen molar-refractivity contribution in [1.82, 2.24) is 35.2 Å². The van der Waals surface area contributed by atoms with Crippen LogP contribution in [0.3, 0.4) is 0 Å². The van der Waals surface area contributed by atoms with Gasteiger partial charge in [-0.2, -0.15) is 5.10 Å². The van der Waals surface area contributed by atoms with Crippen LogP contribution in [-0.2, 0) is 37.3 Å². The van der Waals surface area contributed by atoms with Gasteiger partial charge in [-0.25, -0.2) is 9.67 Å².